The standard InChI is InChI=1S/C11H14BrN3O3/c12-9-5-13-7-15(11(9)17)6-10(16)14-8-1-3-18-4-2-8/h5,7-8H,1-4,6H2,(H,14,16). The normalized spacial score (nSPS) is 16.5. The van der Waals surface area contributed by atoms with Crippen LogP contribution >= 0.6 is 15.9 Å². The fourth-order valence-electron chi connectivity index (χ4n) is 1.81. The van der Waals surface area contributed by atoms with E-state index in [9.17, 15) is 9.59 Å². The molecule has 0 bridgehead atoms. The number of hydrogen-bond acceptors (Lipinski definition) is 4. The monoisotopic (exact) mass is 315 g/mol. The molecule has 7 heteroatoms. The van der Waals surface area contributed by atoms with Crippen molar-refractivity contribution in [2.45, 2.75) is 25.4 Å². The Morgan fingerprint density at radius 1 is 1.56 bits per heavy atom. The third-order valence-corrected chi connectivity index (χ3v) is 3.30. The molecule has 1 N–H and O–H groups in total. The molecule has 1 aliphatic rings. The molecule has 98 valence electrons. The van der Waals surface area contributed by atoms with Crippen molar-refractivity contribution in [2.24, 2.45) is 0 Å². The lowest BCUT2D eigenvalue weighted by Crippen LogP contribution is -2.41. The maximum absolute atomic E-state index is 11.8. The Balaban J connectivity index is 1.94. The van der Waals surface area contributed by atoms with E-state index in [1.54, 1.807) is 0 Å². The van der Waals surface area contributed by atoms with Crippen molar-refractivity contribution >= 4 is 21.8 Å². The summed E-state index contributed by atoms with van der Waals surface area (Å²) in [6, 6.07) is 0.141. The fourth-order valence-corrected chi connectivity index (χ4v) is 2.15. The molecule has 2 rings (SSSR count). The Bertz CT molecular complexity index is 483. The zero-order valence-electron chi connectivity index (χ0n) is 9.76. The van der Waals surface area contributed by atoms with Gasteiger partial charge in [-0.25, -0.2) is 4.98 Å². The highest BCUT2D eigenvalue weighted by Gasteiger charge is 2.16. The predicted molar refractivity (Wildman–Crippen MR) is 68.2 cm³/mol. The average Bonchev–Trinajstić information content (AvgIpc) is 2.36. The van der Waals surface area contributed by atoms with Crippen molar-refractivity contribution < 1.29 is 9.53 Å². The van der Waals surface area contributed by atoms with Crippen LogP contribution in [0.4, 0.5) is 0 Å². The van der Waals surface area contributed by atoms with Crippen molar-refractivity contribution in [2.75, 3.05) is 13.2 Å². The number of halogens is 1. The molecular weight excluding hydrogens is 302 g/mol. The van der Waals surface area contributed by atoms with Crippen molar-refractivity contribution in [3.63, 3.8) is 0 Å². The zero-order valence-corrected chi connectivity index (χ0v) is 11.4. The van der Waals surface area contributed by atoms with Gasteiger partial charge in [-0.2, -0.15) is 0 Å². The Morgan fingerprint density at radius 3 is 3.00 bits per heavy atom. The Hall–Kier alpha value is -1.21. The molecule has 0 radical (unpaired) electrons. The van der Waals surface area contributed by atoms with Crippen LogP contribution in [0.2, 0.25) is 0 Å². The number of ether oxygens (including phenoxy) is 1. The van der Waals surface area contributed by atoms with Crippen LogP contribution < -0.4 is 10.9 Å². The van der Waals surface area contributed by atoms with E-state index in [0.717, 1.165) is 12.8 Å². The summed E-state index contributed by atoms with van der Waals surface area (Å²) in [6.07, 6.45) is 4.40. The summed E-state index contributed by atoms with van der Waals surface area (Å²) in [5, 5.41) is 2.89. The first-order valence-electron chi connectivity index (χ1n) is 5.74. The second-order valence-electron chi connectivity index (χ2n) is 4.13. The Kier molecular flexibility index (Phi) is 4.48. The number of aromatic nitrogens is 2. The molecule has 1 amide bonds. The number of hydrogen-bond donors (Lipinski definition) is 1. The minimum atomic E-state index is -0.257. The quantitative estimate of drug-likeness (QED) is 0.870. The van der Waals surface area contributed by atoms with E-state index in [1.807, 2.05) is 0 Å². The van der Waals surface area contributed by atoms with Gasteiger partial charge >= 0.3 is 0 Å². The van der Waals surface area contributed by atoms with Gasteiger partial charge in [0.05, 0.1) is 6.33 Å². The lowest BCUT2D eigenvalue weighted by Gasteiger charge is -2.23. The van der Waals surface area contributed by atoms with Crippen LogP contribution in [0, 0.1) is 0 Å². The van der Waals surface area contributed by atoms with Gasteiger partial charge < -0.3 is 10.1 Å². The van der Waals surface area contributed by atoms with Gasteiger partial charge in [0.15, 0.2) is 0 Å². The van der Waals surface area contributed by atoms with E-state index in [2.05, 4.69) is 26.2 Å². The number of carbonyl (C=O) groups is 1. The van der Waals surface area contributed by atoms with E-state index in [-0.39, 0.29) is 24.1 Å². The molecule has 1 fully saturated rings. The van der Waals surface area contributed by atoms with Crippen molar-refractivity contribution in [3.8, 4) is 0 Å². The molecule has 1 aromatic rings. The second kappa shape index (κ2) is 6.10. The molecule has 0 aliphatic carbocycles. The summed E-state index contributed by atoms with van der Waals surface area (Å²) >= 11 is 3.09. The van der Waals surface area contributed by atoms with Crippen LogP contribution in [0.1, 0.15) is 12.8 Å². The van der Waals surface area contributed by atoms with Gasteiger partial charge in [0, 0.05) is 25.5 Å². The summed E-state index contributed by atoms with van der Waals surface area (Å²) in [4.78, 5) is 27.3. The maximum Gasteiger partial charge on any atom is 0.268 e. The van der Waals surface area contributed by atoms with Gasteiger partial charge in [-0.15, -0.1) is 0 Å². The molecule has 0 aromatic carbocycles. The van der Waals surface area contributed by atoms with E-state index in [1.165, 1.54) is 17.1 Å². The van der Waals surface area contributed by atoms with E-state index >= 15 is 0 Å². The SMILES string of the molecule is O=C(Cn1cncc(Br)c1=O)NC1CCOCC1. The molecule has 0 unspecified atom stereocenters. The van der Waals surface area contributed by atoms with Crippen molar-refractivity contribution in [1.29, 1.82) is 0 Å². The van der Waals surface area contributed by atoms with Gasteiger partial charge in [0.25, 0.3) is 5.56 Å². The molecular formula is C11H14BrN3O3. The van der Waals surface area contributed by atoms with Crippen LogP contribution in [0.3, 0.4) is 0 Å². The van der Waals surface area contributed by atoms with Crippen LogP contribution in [-0.4, -0.2) is 34.7 Å². The van der Waals surface area contributed by atoms with Crippen molar-refractivity contribution in [3.05, 3.63) is 27.4 Å². The summed E-state index contributed by atoms with van der Waals surface area (Å²) in [5.41, 5.74) is -0.257. The topological polar surface area (TPSA) is 73.2 Å². The first-order chi connectivity index (χ1) is 8.66. The van der Waals surface area contributed by atoms with Gasteiger partial charge in [-0.05, 0) is 28.8 Å². The Labute approximate surface area is 112 Å². The van der Waals surface area contributed by atoms with Crippen LogP contribution in [0.15, 0.2) is 21.8 Å². The summed E-state index contributed by atoms with van der Waals surface area (Å²) < 4.78 is 6.84. The molecule has 1 saturated heterocycles. The van der Waals surface area contributed by atoms with Crippen LogP contribution in [0.25, 0.3) is 0 Å². The molecule has 18 heavy (non-hydrogen) atoms. The molecule has 0 atom stereocenters. The van der Waals surface area contributed by atoms with Gasteiger partial charge in [0.1, 0.15) is 11.0 Å². The van der Waals surface area contributed by atoms with Gasteiger partial charge in [-0.3, -0.25) is 14.2 Å². The largest absolute Gasteiger partial charge is 0.381 e. The number of carbonyl (C=O) groups excluding carboxylic acids is 1. The van der Waals surface area contributed by atoms with Crippen molar-refractivity contribution in [1.82, 2.24) is 14.9 Å². The number of rotatable bonds is 3. The van der Waals surface area contributed by atoms with E-state index < -0.39 is 0 Å². The number of nitrogens with one attached hydrogen (secondary N) is 1. The minimum absolute atomic E-state index is 0.0113. The summed E-state index contributed by atoms with van der Waals surface area (Å²) in [6.45, 7) is 1.33. The van der Waals surface area contributed by atoms with Crippen LogP contribution in [0.5, 0.6) is 0 Å². The molecule has 1 aliphatic heterocycles. The fraction of sp³-hybridized carbons (Fsp3) is 0.545. The highest BCUT2D eigenvalue weighted by Crippen LogP contribution is 2.06. The lowest BCUT2D eigenvalue weighted by atomic mass is 10.1. The second-order valence-corrected chi connectivity index (χ2v) is 4.98. The summed E-state index contributed by atoms with van der Waals surface area (Å²) in [7, 11) is 0. The van der Waals surface area contributed by atoms with E-state index in [0.29, 0.717) is 17.7 Å². The van der Waals surface area contributed by atoms with E-state index in [4.69, 9.17) is 4.74 Å². The highest BCUT2D eigenvalue weighted by atomic mass is 79.9. The first kappa shape index (κ1) is 13.2. The van der Waals surface area contributed by atoms with Gasteiger partial charge in [-0.1, -0.05) is 0 Å². The number of amides is 1. The third kappa shape index (κ3) is 3.39. The molecule has 0 spiro atoms. The molecule has 1 aromatic heterocycles. The maximum atomic E-state index is 11.8. The molecule has 2 heterocycles. The first-order valence-corrected chi connectivity index (χ1v) is 6.53. The minimum Gasteiger partial charge on any atom is -0.381 e. The molecule has 0 saturated carbocycles. The highest BCUT2D eigenvalue weighted by molar-refractivity contribution is 9.10. The van der Waals surface area contributed by atoms with Crippen LogP contribution in [-0.2, 0) is 16.1 Å². The summed E-state index contributed by atoms with van der Waals surface area (Å²) in [5.74, 6) is -0.177. The zero-order chi connectivity index (χ0) is 13.0. The lowest BCUT2D eigenvalue weighted by molar-refractivity contribution is -0.123. The predicted octanol–water partition coefficient (Wildman–Crippen LogP) is 0.301. The smallest absolute Gasteiger partial charge is 0.268 e. The molecule has 6 nitrogen and oxygen atoms in total. The Morgan fingerprint density at radius 2 is 2.28 bits per heavy atom. The number of nitrogens with zero attached hydrogens (tertiary/aromatic N) is 2. The average molecular weight is 316 g/mol. The third-order valence-electron chi connectivity index (χ3n) is 2.76. The van der Waals surface area contributed by atoms with Gasteiger partial charge in [0.2, 0.25) is 5.91 Å².